The minimum Gasteiger partial charge on any atom is -0.491 e. The molecule has 0 aliphatic heterocycles. The summed E-state index contributed by atoms with van der Waals surface area (Å²) in [6.07, 6.45) is 6.97. The summed E-state index contributed by atoms with van der Waals surface area (Å²) in [7, 11) is 0. The van der Waals surface area contributed by atoms with Gasteiger partial charge in [-0.3, -0.25) is 4.79 Å². The number of hydrogen-bond acceptors (Lipinski definition) is 4. The first kappa shape index (κ1) is 20.7. The minimum absolute atomic E-state index is 0.0159. The van der Waals surface area contributed by atoms with E-state index in [1.807, 2.05) is 31.2 Å². The highest BCUT2D eigenvalue weighted by atomic mass is 16.5. The van der Waals surface area contributed by atoms with E-state index < -0.39 is 5.60 Å². The SMILES string of the molecule is CCCOC1(C(=O)Nc2ccc(OCCOCC)cc2)CCCCCC1. The number of carbonyl (C=O) groups is 1. The molecule has 146 valence electrons. The molecule has 1 aliphatic carbocycles. The molecule has 5 nitrogen and oxygen atoms in total. The molecule has 1 fully saturated rings. The highest BCUT2D eigenvalue weighted by Gasteiger charge is 2.39. The van der Waals surface area contributed by atoms with Crippen LogP contribution in [0.1, 0.15) is 58.8 Å². The van der Waals surface area contributed by atoms with Crippen molar-refractivity contribution in [2.45, 2.75) is 64.4 Å². The van der Waals surface area contributed by atoms with Crippen LogP contribution in [0.15, 0.2) is 24.3 Å². The van der Waals surface area contributed by atoms with E-state index in [1.165, 1.54) is 12.8 Å². The van der Waals surface area contributed by atoms with E-state index in [0.717, 1.165) is 43.5 Å². The van der Waals surface area contributed by atoms with Crippen molar-refractivity contribution < 1.29 is 19.0 Å². The predicted molar refractivity (Wildman–Crippen MR) is 104 cm³/mol. The van der Waals surface area contributed by atoms with Gasteiger partial charge < -0.3 is 19.5 Å². The van der Waals surface area contributed by atoms with Crippen LogP contribution in [0, 0.1) is 0 Å². The molecule has 1 saturated carbocycles. The van der Waals surface area contributed by atoms with E-state index in [1.54, 1.807) is 0 Å². The van der Waals surface area contributed by atoms with Crippen LogP contribution in [0.4, 0.5) is 5.69 Å². The molecule has 1 N–H and O–H groups in total. The van der Waals surface area contributed by atoms with Crippen LogP contribution in [-0.2, 0) is 14.3 Å². The van der Waals surface area contributed by atoms with Crippen LogP contribution < -0.4 is 10.1 Å². The van der Waals surface area contributed by atoms with Gasteiger partial charge in [-0.25, -0.2) is 0 Å². The van der Waals surface area contributed by atoms with Gasteiger partial charge in [-0.05, 0) is 50.5 Å². The fraction of sp³-hybridized carbons (Fsp3) is 0.667. The van der Waals surface area contributed by atoms with Crippen molar-refractivity contribution in [1.29, 1.82) is 0 Å². The Morgan fingerprint density at radius 3 is 2.31 bits per heavy atom. The van der Waals surface area contributed by atoms with Crippen molar-refractivity contribution in [1.82, 2.24) is 0 Å². The number of nitrogens with one attached hydrogen (secondary N) is 1. The van der Waals surface area contributed by atoms with E-state index in [-0.39, 0.29) is 5.91 Å². The van der Waals surface area contributed by atoms with Gasteiger partial charge in [0.2, 0.25) is 0 Å². The second kappa shape index (κ2) is 11.2. The zero-order valence-electron chi connectivity index (χ0n) is 16.2. The number of amides is 1. The summed E-state index contributed by atoms with van der Waals surface area (Å²) >= 11 is 0. The fourth-order valence-corrected chi connectivity index (χ4v) is 3.28. The van der Waals surface area contributed by atoms with Crippen molar-refractivity contribution in [3.8, 4) is 5.75 Å². The molecule has 0 radical (unpaired) electrons. The number of benzene rings is 1. The Kier molecular flexibility index (Phi) is 8.92. The Labute approximate surface area is 157 Å². The standard InChI is InChI=1S/C21H33NO4/c1-3-15-26-21(13-7-5-6-8-14-21)20(23)22-18-9-11-19(12-10-18)25-17-16-24-4-2/h9-12H,3-8,13-17H2,1-2H3,(H,22,23). The molecule has 5 heteroatoms. The Hall–Kier alpha value is -1.59. The van der Waals surface area contributed by atoms with Gasteiger partial charge in [-0.2, -0.15) is 0 Å². The van der Waals surface area contributed by atoms with E-state index in [4.69, 9.17) is 14.2 Å². The third-order valence-electron chi connectivity index (χ3n) is 4.72. The van der Waals surface area contributed by atoms with Crippen molar-refractivity contribution >= 4 is 11.6 Å². The summed E-state index contributed by atoms with van der Waals surface area (Å²) < 4.78 is 17.0. The van der Waals surface area contributed by atoms with Crippen LogP contribution in [0.5, 0.6) is 5.75 Å². The van der Waals surface area contributed by atoms with Gasteiger partial charge in [0.15, 0.2) is 0 Å². The molecule has 0 atom stereocenters. The molecule has 1 amide bonds. The monoisotopic (exact) mass is 363 g/mol. The second-order valence-corrected chi connectivity index (χ2v) is 6.78. The lowest BCUT2D eigenvalue weighted by molar-refractivity contribution is -0.143. The Morgan fingerprint density at radius 2 is 1.69 bits per heavy atom. The van der Waals surface area contributed by atoms with E-state index in [0.29, 0.717) is 26.4 Å². The van der Waals surface area contributed by atoms with Crippen molar-refractivity contribution in [3.05, 3.63) is 24.3 Å². The first-order chi connectivity index (χ1) is 12.7. The summed E-state index contributed by atoms with van der Waals surface area (Å²) in [5, 5.41) is 3.05. The van der Waals surface area contributed by atoms with E-state index >= 15 is 0 Å². The third-order valence-corrected chi connectivity index (χ3v) is 4.72. The summed E-state index contributed by atoms with van der Waals surface area (Å²) in [6, 6.07) is 7.48. The van der Waals surface area contributed by atoms with E-state index in [2.05, 4.69) is 12.2 Å². The molecule has 0 saturated heterocycles. The number of ether oxygens (including phenoxy) is 3. The molecule has 0 heterocycles. The van der Waals surface area contributed by atoms with Crippen LogP contribution in [0.25, 0.3) is 0 Å². The zero-order chi connectivity index (χ0) is 18.7. The molecule has 26 heavy (non-hydrogen) atoms. The average Bonchev–Trinajstić information content (AvgIpc) is 2.91. The molecule has 1 aromatic rings. The molecule has 2 rings (SSSR count). The molecular weight excluding hydrogens is 330 g/mol. The van der Waals surface area contributed by atoms with Gasteiger partial charge in [0, 0.05) is 18.9 Å². The molecule has 0 spiro atoms. The predicted octanol–water partition coefficient (Wildman–Crippen LogP) is 4.56. The summed E-state index contributed by atoms with van der Waals surface area (Å²) in [5.41, 5.74) is 0.0926. The topological polar surface area (TPSA) is 56.8 Å². The molecule has 0 aromatic heterocycles. The molecule has 1 aromatic carbocycles. The maximum Gasteiger partial charge on any atom is 0.256 e. The number of hydrogen-bond donors (Lipinski definition) is 1. The van der Waals surface area contributed by atoms with Crippen LogP contribution >= 0.6 is 0 Å². The first-order valence-electron chi connectivity index (χ1n) is 9.96. The maximum atomic E-state index is 13.0. The highest BCUT2D eigenvalue weighted by molar-refractivity contribution is 5.97. The van der Waals surface area contributed by atoms with Crippen LogP contribution in [0.2, 0.25) is 0 Å². The lowest BCUT2D eigenvalue weighted by atomic mass is 9.92. The molecule has 0 unspecified atom stereocenters. The molecular formula is C21H33NO4. The number of carbonyl (C=O) groups excluding carboxylic acids is 1. The van der Waals surface area contributed by atoms with Gasteiger partial charge in [0.25, 0.3) is 5.91 Å². The van der Waals surface area contributed by atoms with Crippen molar-refractivity contribution in [2.75, 3.05) is 31.7 Å². The smallest absolute Gasteiger partial charge is 0.256 e. The fourth-order valence-electron chi connectivity index (χ4n) is 3.28. The van der Waals surface area contributed by atoms with Gasteiger partial charge in [-0.15, -0.1) is 0 Å². The van der Waals surface area contributed by atoms with Crippen LogP contribution in [0.3, 0.4) is 0 Å². The molecule has 1 aliphatic rings. The normalized spacial score (nSPS) is 16.7. The van der Waals surface area contributed by atoms with Crippen LogP contribution in [-0.4, -0.2) is 37.9 Å². The van der Waals surface area contributed by atoms with Crippen molar-refractivity contribution in [3.63, 3.8) is 0 Å². The third kappa shape index (κ3) is 6.29. The van der Waals surface area contributed by atoms with Crippen molar-refractivity contribution in [2.24, 2.45) is 0 Å². The Morgan fingerprint density at radius 1 is 1.00 bits per heavy atom. The minimum atomic E-state index is -0.681. The lowest BCUT2D eigenvalue weighted by Crippen LogP contribution is -2.45. The lowest BCUT2D eigenvalue weighted by Gasteiger charge is -2.31. The van der Waals surface area contributed by atoms with Gasteiger partial charge >= 0.3 is 0 Å². The van der Waals surface area contributed by atoms with Gasteiger partial charge in [0.05, 0.1) is 6.61 Å². The Bertz CT molecular complexity index is 521. The second-order valence-electron chi connectivity index (χ2n) is 6.78. The van der Waals surface area contributed by atoms with Gasteiger partial charge in [0.1, 0.15) is 18.0 Å². The molecule has 0 bridgehead atoms. The number of rotatable bonds is 10. The number of anilines is 1. The summed E-state index contributed by atoms with van der Waals surface area (Å²) in [6.45, 7) is 6.45. The maximum absolute atomic E-state index is 13.0. The van der Waals surface area contributed by atoms with E-state index in [9.17, 15) is 4.79 Å². The Balaban J connectivity index is 1.94. The summed E-state index contributed by atoms with van der Waals surface area (Å²) in [4.78, 5) is 13.0. The first-order valence-corrected chi connectivity index (χ1v) is 9.96. The zero-order valence-corrected chi connectivity index (χ0v) is 16.2. The summed E-state index contributed by atoms with van der Waals surface area (Å²) in [5.74, 6) is 0.756. The average molecular weight is 363 g/mol. The highest BCUT2D eigenvalue weighted by Crippen LogP contribution is 2.32. The van der Waals surface area contributed by atoms with Gasteiger partial charge in [-0.1, -0.05) is 32.6 Å². The largest absolute Gasteiger partial charge is 0.491 e. The quantitative estimate of drug-likeness (QED) is 0.489.